The van der Waals surface area contributed by atoms with Crippen molar-refractivity contribution in [3.63, 3.8) is 0 Å². The minimum Gasteiger partial charge on any atom is -0.489 e. The van der Waals surface area contributed by atoms with Gasteiger partial charge < -0.3 is 10.1 Å². The smallest absolute Gasteiger partial charge is 0.256 e. The largest absolute Gasteiger partial charge is 0.489 e. The van der Waals surface area contributed by atoms with Gasteiger partial charge in [0.1, 0.15) is 12.4 Å². The van der Waals surface area contributed by atoms with Crippen molar-refractivity contribution in [3.05, 3.63) is 111 Å². The van der Waals surface area contributed by atoms with Crippen molar-refractivity contribution in [2.75, 3.05) is 5.32 Å². The fourth-order valence-electron chi connectivity index (χ4n) is 3.56. The molecule has 0 saturated heterocycles. The van der Waals surface area contributed by atoms with E-state index < -0.39 is 0 Å². The van der Waals surface area contributed by atoms with E-state index in [1.807, 2.05) is 60.8 Å². The van der Waals surface area contributed by atoms with Crippen molar-refractivity contribution < 1.29 is 9.53 Å². The van der Waals surface area contributed by atoms with Crippen molar-refractivity contribution in [1.29, 1.82) is 0 Å². The van der Waals surface area contributed by atoms with Gasteiger partial charge in [-0.2, -0.15) is 5.10 Å². The molecule has 1 amide bonds. The number of rotatable bonds is 7. The molecule has 0 saturated carbocycles. The quantitative estimate of drug-likeness (QED) is 0.259. The molecular formula is C28H27BrClN3O2. The molecule has 0 aliphatic heterocycles. The van der Waals surface area contributed by atoms with Gasteiger partial charge in [0, 0.05) is 16.8 Å². The normalized spacial score (nSPS) is 11.3. The van der Waals surface area contributed by atoms with Crippen LogP contribution in [0.25, 0.3) is 0 Å². The molecule has 4 aromatic rings. The van der Waals surface area contributed by atoms with Gasteiger partial charge in [0.25, 0.3) is 5.91 Å². The van der Waals surface area contributed by atoms with E-state index >= 15 is 0 Å². The van der Waals surface area contributed by atoms with Gasteiger partial charge in [-0.05, 0) is 68.4 Å². The molecule has 35 heavy (non-hydrogen) atoms. The summed E-state index contributed by atoms with van der Waals surface area (Å²) in [5.41, 5.74) is 3.73. The summed E-state index contributed by atoms with van der Waals surface area (Å²) in [6, 6.07) is 23.1. The SMILES string of the molecule is CC(C)(C)c1ccc(OCc2cccc(C(=O)Nc3nn(Cc4ccccc4Cl)cc3Br)c2)cc1. The molecular weight excluding hydrogens is 526 g/mol. The molecule has 0 aliphatic rings. The van der Waals surface area contributed by atoms with Crippen LogP contribution in [0.3, 0.4) is 0 Å². The number of aromatic nitrogens is 2. The van der Waals surface area contributed by atoms with E-state index in [2.05, 4.69) is 59.2 Å². The summed E-state index contributed by atoms with van der Waals surface area (Å²) in [5, 5.41) is 8.04. The number of ether oxygens (including phenoxy) is 1. The molecule has 0 radical (unpaired) electrons. The molecule has 0 fully saturated rings. The lowest BCUT2D eigenvalue weighted by Gasteiger charge is -2.19. The molecule has 0 spiro atoms. The molecule has 180 valence electrons. The number of carbonyl (C=O) groups excluding carboxylic acids is 1. The monoisotopic (exact) mass is 551 g/mol. The molecule has 1 N–H and O–H groups in total. The Bertz CT molecular complexity index is 1330. The molecule has 3 aromatic carbocycles. The van der Waals surface area contributed by atoms with Gasteiger partial charge in [-0.1, -0.05) is 74.8 Å². The maximum atomic E-state index is 12.9. The first kappa shape index (κ1) is 25.0. The Kier molecular flexibility index (Phi) is 7.63. The number of carbonyl (C=O) groups is 1. The fraction of sp³-hybridized carbons (Fsp3) is 0.214. The van der Waals surface area contributed by atoms with Crippen LogP contribution in [0, 0.1) is 0 Å². The van der Waals surface area contributed by atoms with Crippen LogP contribution >= 0.6 is 27.5 Å². The zero-order chi connectivity index (χ0) is 25.0. The Morgan fingerprint density at radius 1 is 1.06 bits per heavy atom. The number of nitrogens with one attached hydrogen (secondary N) is 1. The first-order chi connectivity index (χ1) is 16.7. The number of benzene rings is 3. The third-order valence-electron chi connectivity index (χ3n) is 5.55. The van der Waals surface area contributed by atoms with Crippen LogP contribution in [0.5, 0.6) is 5.75 Å². The molecule has 0 unspecified atom stereocenters. The van der Waals surface area contributed by atoms with Crippen LogP contribution in [-0.2, 0) is 18.6 Å². The number of anilines is 1. The molecule has 1 aromatic heterocycles. The van der Waals surface area contributed by atoms with Crippen molar-refractivity contribution in [3.8, 4) is 5.75 Å². The number of hydrogen-bond acceptors (Lipinski definition) is 3. The van der Waals surface area contributed by atoms with E-state index in [1.54, 1.807) is 10.7 Å². The fourth-order valence-corrected chi connectivity index (χ4v) is 4.17. The predicted octanol–water partition coefficient (Wildman–Crippen LogP) is 7.48. The summed E-state index contributed by atoms with van der Waals surface area (Å²) in [7, 11) is 0. The van der Waals surface area contributed by atoms with Crippen LogP contribution in [0.4, 0.5) is 5.82 Å². The predicted molar refractivity (Wildman–Crippen MR) is 144 cm³/mol. The first-order valence-electron chi connectivity index (χ1n) is 11.3. The lowest BCUT2D eigenvalue weighted by Crippen LogP contribution is -2.13. The van der Waals surface area contributed by atoms with Gasteiger partial charge >= 0.3 is 0 Å². The standard InChI is InChI=1S/C28H27BrClN3O2/c1-28(2,3)22-11-13-23(14-12-22)35-18-19-7-6-9-20(15-19)27(34)31-26-24(29)17-33(32-26)16-21-8-4-5-10-25(21)30/h4-15,17H,16,18H2,1-3H3,(H,31,32,34). The van der Waals surface area contributed by atoms with E-state index in [-0.39, 0.29) is 11.3 Å². The number of nitrogens with zero attached hydrogens (tertiary/aromatic N) is 2. The van der Waals surface area contributed by atoms with E-state index in [9.17, 15) is 4.79 Å². The van der Waals surface area contributed by atoms with Gasteiger partial charge in [0.05, 0.1) is 11.0 Å². The number of halogens is 2. The summed E-state index contributed by atoms with van der Waals surface area (Å²) in [6.07, 6.45) is 1.81. The summed E-state index contributed by atoms with van der Waals surface area (Å²) in [5.74, 6) is 0.994. The summed E-state index contributed by atoms with van der Waals surface area (Å²) >= 11 is 9.74. The lowest BCUT2D eigenvalue weighted by molar-refractivity contribution is 0.102. The van der Waals surface area contributed by atoms with Crippen LogP contribution in [-0.4, -0.2) is 15.7 Å². The molecule has 0 aliphatic carbocycles. The summed E-state index contributed by atoms with van der Waals surface area (Å²) in [6.45, 7) is 7.41. The third-order valence-corrected chi connectivity index (χ3v) is 6.50. The minimum absolute atomic E-state index is 0.0969. The van der Waals surface area contributed by atoms with Gasteiger partial charge in [-0.3, -0.25) is 9.48 Å². The van der Waals surface area contributed by atoms with Gasteiger partial charge in [-0.25, -0.2) is 0 Å². The second kappa shape index (κ2) is 10.7. The Morgan fingerprint density at radius 3 is 2.51 bits per heavy atom. The second-order valence-electron chi connectivity index (χ2n) is 9.33. The molecule has 0 bridgehead atoms. The van der Waals surface area contributed by atoms with Gasteiger partial charge in [0.15, 0.2) is 5.82 Å². The average molecular weight is 553 g/mol. The van der Waals surface area contributed by atoms with Crippen LogP contribution in [0.1, 0.15) is 47.8 Å². The highest BCUT2D eigenvalue weighted by molar-refractivity contribution is 9.10. The van der Waals surface area contributed by atoms with Crippen molar-refractivity contribution >= 4 is 39.3 Å². The molecule has 7 heteroatoms. The van der Waals surface area contributed by atoms with Crippen molar-refractivity contribution in [2.24, 2.45) is 0 Å². The summed E-state index contributed by atoms with van der Waals surface area (Å²) in [4.78, 5) is 12.9. The highest BCUT2D eigenvalue weighted by atomic mass is 79.9. The topological polar surface area (TPSA) is 56.1 Å². The van der Waals surface area contributed by atoms with Crippen LogP contribution in [0.15, 0.2) is 83.5 Å². The van der Waals surface area contributed by atoms with E-state index in [4.69, 9.17) is 16.3 Å². The first-order valence-corrected chi connectivity index (χ1v) is 12.5. The number of amides is 1. The molecule has 4 rings (SSSR count). The third kappa shape index (κ3) is 6.53. The average Bonchev–Trinajstić information content (AvgIpc) is 3.17. The van der Waals surface area contributed by atoms with Crippen LogP contribution < -0.4 is 10.1 Å². The Balaban J connectivity index is 1.39. The highest BCUT2D eigenvalue weighted by Crippen LogP contribution is 2.25. The van der Waals surface area contributed by atoms with Crippen LogP contribution in [0.2, 0.25) is 5.02 Å². The van der Waals surface area contributed by atoms with E-state index in [0.717, 1.165) is 16.9 Å². The Labute approximate surface area is 219 Å². The van der Waals surface area contributed by atoms with Gasteiger partial charge in [0.2, 0.25) is 0 Å². The van der Waals surface area contributed by atoms with Crippen molar-refractivity contribution in [1.82, 2.24) is 9.78 Å². The zero-order valence-corrected chi connectivity index (χ0v) is 22.2. The molecule has 5 nitrogen and oxygen atoms in total. The zero-order valence-electron chi connectivity index (χ0n) is 19.9. The minimum atomic E-state index is -0.245. The Morgan fingerprint density at radius 2 is 1.80 bits per heavy atom. The van der Waals surface area contributed by atoms with Gasteiger partial charge in [-0.15, -0.1) is 0 Å². The maximum absolute atomic E-state index is 12.9. The van der Waals surface area contributed by atoms with E-state index in [0.29, 0.717) is 34.0 Å². The molecule has 0 atom stereocenters. The number of hydrogen-bond donors (Lipinski definition) is 1. The highest BCUT2D eigenvalue weighted by Gasteiger charge is 2.15. The van der Waals surface area contributed by atoms with E-state index in [1.165, 1.54) is 5.56 Å². The Hall–Kier alpha value is -3.09. The van der Waals surface area contributed by atoms with Crippen molar-refractivity contribution in [2.45, 2.75) is 39.3 Å². The second-order valence-corrected chi connectivity index (χ2v) is 10.6. The maximum Gasteiger partial charge on any atom is 0.256 e. The lowest BCUT2D eigenvalue weighted by atomic mass is 9.87. The molecule has 1 heterocycles. The summed E-state index contributed by atoms with van der Waals surface area (Å²) < 4.78 is 8.36.